The number of H-pyrrole nitrogens is 1. The summed E-state index contributed by atoms with van der Waals surface area (Å²) >= 11 is 1.66. The monoisotopic (exact) mass is 490 g/mol. The number of aromatic amines is 1. The van der Waals surface area contributed by atoms with Crippen molar-refractivity contribution in [2.24, 2.45) is 0 Å². The third kappa shape index (κ3) is 4.90. The third-order valence-electron chi connectivity index (χ3n) is 5.88. The molecule has 1 atom stereocenters. The van der Waals surface area contributed by atoms with Crippen LogP contribution in [0.25, 0.3) is 11.4 Å². The molecule has 35 heavy (non-hydrogen) atoms. The van der Waals surface area contributed by atoms with Crippen LogP contribution in [0.5, 0.6) is 0 Å². The average Bonchev–Trinajstić information content (AvgIpc) is 3.62. The third-order valence-corrected chi connectivity index (χ3v) is 7.01. The smallest absolute Gasteiger partial charge is 0.347 e. The topological polar surface area (TPSA) is 143 Å². The van der Waals surface area contributed by atoms with Gasteiger partial charge in [-0.1, -0.05) is 24.2 Å². The normalized spacial score (nSPS) is 14.5. The minimum absolute atomic E-state index is 0.124. The first-order valence-corrected chi connectivity index (χ1v) is 12.0. The highest BCUT2D eigenvalue weighted by Crippen LogP contribution is 2.33. The second kappa shape index (κ2) is 9.63. The van der Waals surface area contributed by atoms with E-state index in [1.54, 1.807) is 11.3 Å². The van der Waals surface area contributed by atoms with Gasteiger partial charge in [0.15, 0.2) is 5.82 Å². The maximum absolute atomic E-state index is 12.9. The van der Waals surface area contributed by atoms with Gasteiger partial charge in [-0.3, -0.25) is 19.1 Å². The van der Waals surface area contributed by atoms with E-state index in [4.69, 9.17) is 0 Å². The van der Waals surface area contributed by atoms with Gasteiger partial charge in [0, 0.05) is 23.1 Å². The van der Waals surface area contributed by atoms with Crippen LogP contribution in [0.2, 0.25) is 0 Å². The Balaban J connectivity index is 1.24. The number of nitrogens with one attached hydrogen (secondary N) is 3. The molecular weight excluding hydrogens is 468 g/mol. The Morgan fingerprint density at radius 3 is 2.74 bits per heavy atom. The molecule has 1 aliphatic rings. The number of thiophene rings is 1. The van der Waals surface area contributed by atoms with E-state index in [0.717, 1.165) is 41.5 Å². The molecule has 11 heteroatoms. The van der Waals surface area contributed by atoms with Gasteiger partial charge in [-0.05, 0) is 53.5 Å². The van der Waals surface area contributed by atoms with Gasteiger partial charge in [0.05, 0.1) is 6.04 Å². The van der Waals surface area contributed by atoms with Crippen molar-refractivity contribution >= 4 is 23.2 Å². The SMILES string of the molecule is CCc1cc(CNC(=O)c2cc(C(=O)NC3CCc4cc(-c5noc(=O)[nH]5)ccc43)ncn2)cs1. The molecule has 0 aliphatic heterocycles. The summed E-state index contributed by atoms with van der Waals surface area (Å²) in [5.74, 6) is -0.993. The number of aryl methyl sites for hydroxylation is 2. The Labute approximate surface area is 203 Å². The largest absolute Gasteiger partial charge is 0.439 e. The number of rotatable bonds is 7. The summed E-state index contributed by atoms with van der Waals surface area (Å²) in [6, 6.07) is 8.93. The van der Waals surface area contributed by atoms with E-state index in [0.29, 0.717) is 12.4 Å². The highest BCUT2D eigenvalue weighted by atomic mass is 32.1. The number of carbonyl (C=O) groups is 2. The lowest BCUT2D eigenvalue weighted by Gasteiger charge is -2.14. The van der Waals surface area contributed by atoms with Crippen LogP contribution >= 0.6 is 11.3 Å². The van der Waals surface area contributed by atoms with Gasteiger partial charge < -0.3 is 10.6 Å². The lowest BCUT2D eigenvalue weighted by atomic mass is 10.0. The summed E-state index contributed by atoms with van der Waals surface area (Å²) in [5.41, 5.74) is 4.07. The van der Waals surface area contributed by atoms with Crippen molar-refractivity contribution in [3.63, 3.8) is 0 Å². The molecule has 0 spiro atoms. The molecule has 2 amide bonds. The second-order valence-electron chi connectivity index (χ2n) is 8.17. The lowest BCUT2D eigenvalue weighted by Crippen LogP contribution is -2.29. The Kier molecular flexibility index (Phi) is 6.23. The van der Waals surface area contributed by atoms with E-state index in [9.17, 15) is 14.4 Å². The molecule has 3 aromatic heterocycles. The summed E-state index contributed by atoms with van der Waals surface area (Å²) in [7, 11) is 0. The summed E-state index contributed by atoms with van der Waals surface area (Å²) in [6.45, 7) is 2.48. The Bertz CT molecular complexity index is 1460. The predicted molar refractivity (Wildman–Crippen MR) is 128 cm³/mol. The molecule has 1 aliphatic carbocycles. The fourth-order valence-corrected chi connectivity index (χ4v) is 4.92. The highest BCUT2D eigenvalue weighted by Gasteiger charge is 2.26. The van der Waals surface area contributed by atoms with Gasteiger partial charge in [0.25, 0.3) is 11.8 Å². The van der Waals surface area contributed by atoms with E-state index < -0.39 is 5.76 Å². The Morgan fingerprint density at radius 2 is 2.00 bits per heavy atom. The molecule has 1 unspecified atom stereocenters. The van der Waals surface area contributed by atoms with Crippen molar-refractivity contribution < 1.29 is 14.1 Å². The zero-order chi connectivity index (χ0) is 24.4. The zero-order valence-electron chi connectivity index (χ0n) is 18.8. The lowest BCUT2D eigenvalue weighted by molar-refractivity contribution is 0.0931. The maximum Gasteiger partial charge on any atom is 0.439 e. The molecule has 3 N–H and O–H groups in total. The van der Waals surface area contributed by atoms with Crippen molar-refractivity contribution in [2.75, 3.05) is 0 Å². The molecule has 4 aromatic rings. The van der Waals surface area contributed by atoms with E-state index in [2.05, 4.69) is 48.3 Å². The standard InChI is InChI=1S/C24H22N6O4S/c1-2-16-7-13(11-35-16)10-25-22(31)19-9-20(27-12-26-19)23(32)28-18-6-4-14-8-15(3-5-17(14)18)21-29-24(33)34-30-21/h3,5,7-9,11-12,18H,2,4,6,10H2,1H3,(H,25,31)(H,28,32)(H,29,30,33). The summed E-state index contributed by atoms with van der Waals surface area (Å²) in [4.78, 5) is 48.6. The van der Waals surface area contributed by atoms with Gasteiger partial charge in [-0.25, -0.2) is 14.8 Å². The van der Waals surface area contributed by atoms with Crippen molar-refractivity contribution in [3.8, 4) is 11.4 Å². The minimum atomic E-state index is -0.611. The van der Waals surface area contributed by atoms with Crippen LogP contribution in [-0.2, 0) is 19.4 Å². The van der Waals surface area contributed by atoms with Crippen molar-refractivity contribution in [3.05, 3.63) is 85.5 Å². The number of carbonyl (C=O) groups excluding carboxylic acids is 2. The number of nitrogens with zero attached hydrogens (tertiary/aromatic N) is 3. The molecule has 3 heterocycles. The zero-order valence-corrected chi connectivity index (χ0v) is 19.6. The first kappa shape index (κ1) is 22.7. The molecule has 0 bridgehead atoms. The number of hydrogen-bond acceptors (Lipinski definition) is 8. The van der Waals surface area contributed by atoms with Crippen LogP contribution in [-0.4, -0.2) is 31.9 Å². The first-order valence-electron chi connectivity index (χ1n) is 11.2. The van der Waals surface area contributed by atoms with Crippen LogP contribution in [0.1, 0.15) is 61.9 Å². The van der Waals surface area contributed by atoms with Crippen LogP contribution in [0.4, 0.5) is 0 Å². The molecule has 1 aromatic carbocycles. The van der Waals surface area contributed by atoms with E-state index in [1.165, 1.54) is 17.3 Å². The molecule has 0 fully saturated rings. The molecule has 10 nitrogen and oxygen atoms in total. The fourth-order valence-electron chi connectivity index (χ4n) is 4.08. The van der Waals surface area contributed by atoms with Crippen LogP contribution in [0.3, 0.4) is 0 Å². The summed E-state index contributed by atoms with van der Waals surface area (Å²) in [6.07, 6.45) is 3.66. The number of aromatic nitrogens is 4. The summed E-state index contributed by atoms with van der Waals surface area (Å²) in [5, 5.41) is 11.6. The Morgan fingerprint density at radius 1 is 1.17 bits per heavy atom. The summed E-state index contributed by atoms with van der Waals surface area (Å²) < 4.78 is 4.57. The van der Waals surface area contributed by atoms with Crippen molar-refractivity contribution in [2.45, 2.75) is 38.8 Å². The van der Waals surface area contributed by atoms with E-state index in [1.807, 2.05) is 23.6 Å². The number of benzene rings is 1. The Hall–Kier alpha value is -4.12. The molecule has 178 valence electrons. The quantitative estimate of drug-likeness (QED) is 0.361. The predicted octanol–water partition coefficient (Wildman–Crippen LogP) is 2.79. The maximum atomic E-state index is 12.9. The van der Waals surface area contributed by atoms with Gasteiger partial charge in [-0.2, -0.15) is 0 Å². The minimum Gasteiger partial charge on any atom is -0.347 e. The molecular formula is C24H22N6O4S. The van der Waals surface area contributed by atoms with Crippen molar-refractivity contribution in [1.82, 2.24) is 30.7 Å². The van der Waals surface area contributed by atoms with E-state index in [-0.39, 0.29) is 29.2 Å². The van der Waals surface area contributed by atoms with Gasteiger partial charge in [-0.15, -0.1) is 11.3 Å². The average molecular weight is 491 g/mol. The first-order chi connectivity index (χ1) is 17.0. The van der Waals surface area contributed by atoms with Crippen LogP contribution in [0, 0.1) is 0 Å². The van der Waals surface area contributed by atoms with Gasteiger partial charge in [0.1, 0.15) is 17.7 Å². The number of fused-ring (bicyclic) bond motifs is 1. The number of hydrogen-bond donors (Lipinski definition) is 3. The second-order valence-corrected chi connectivity index (χ2v) is 9.16. The molecule has 0 radical (unpaired) electrons. The molecule has 0 saturated carbocycles. The van der Waals surface area contributed by atoms with Crippen LogP contribution < -0.4 is 16.4 Å². The molecule has 0 saturated heterocycles. The van der Waals surface area contributed by atoms with Gasteiger partial charge >= 0.3 is 5.76 Å². The van der Waals surface area contributed by atoms with Crippen LogP contribution in [0.15, 0.2) is 51.4 Å². The fraction of sp³-hybridized carbons (Fsp3) is 0.250. The van der Waals surface area contributed by atoms with Gasteiger partial charge in [0.2, 0.25) is 0 Å². The number of amides is 2. The van der Waals surface area contributed by atoms with E-state index >= 15 is 0 Å². The molecule has 5 rings (SSSR count). The van der Waals surface area contributed by atoms with Crippen molar-refractivity contribution in [1.29, 1.82) is 0 Å². The highest BCUT2D eigenvalue weighted by molar-refractivity contribution is 7.10.